The summed E-state index contributed by atoms with van der Waals surface area (Å²) in [5, 5.41) is 12.7. The molecule has 0 N–H and O–H groups in total. The van der Waals surface area contributed by atoms with Crippen LogP contribution in [0.3, 0.4) is 0 Å². The number of alkyl halides is 6. The second-order valence-corrected chi connectivity index (χ2v) is 7.71. The molecule has 0 aliphatic heterocycles. The van der Waals surface area contributed by atoms with Crippen LogP contribution in [-0.2, 0) is 25.3 Å². The van der Waals surface area contributed by atoms with Crippen molar-refractivity contribution in [3.63, 3.8) is 0 Å². The van der Waals surface area contributed by atoms with Gasteiger partial charge < -0.3 is 9.09 Å². The summed E-state index contributed by atoms with van der Waals surface area (Å²) in [6, 6.07) is 7.09. The summed E-state index contributed by atoms with van der Waals surface area (Å²) >= 11 is 0. The minimum absolute atomic E-state index is 0.0791. The SMILES string of the molecule is CCCc1cc2c(C(F)(F)F)c(C#N)ccc2n1Cc1noc(-c2cc(C(F)(F)F)ccc2F)n1. The van der Waals surface area contributed by atoms with E-state index >= 15 is 0 Å². The van der Waals surface area contributed by atoms with Gasteiger partial charge in [0.1, 0.15) is 5.82 Å². The lowest BCUT2D eigenvalue weighted by molar-refractivity contribution is -0.138. The van der Waals surface area contributed by atoms with Crippen molar-refractivity contribution in [2.24, 2.45) is 0 Å². The molecular weight excluding hydrogens is 481 g/mol. The van der Waals surface area contributed by atoms with Gasteiger partial charge in [0.05, 0.1) is 34.9 Å². The molecule has 12 heteroatoms. The lowest BCUT2D eigenvalue weighted by atomic mass is 10.0. The molecule has 0 spiro atoms. The molecule has 0 saturated carbocycles. The largest absolute Gasteiger partial charge is 0.418 e. The topological polar surface area (TPSA) is 67.6 Å². The molecule has 2 heterocycles. The van der Waals surface area contributed by atoms with Crippen LogP contribution in [-0.4, -0.2) is 14.7 Å². The molecule has 0 aliphatic carbocycles. The van der Waals surface area contributed by atoms with E-state index in [9.17, 15) is 30.7 Å². The third-order valence-electron chi connectivity index (χ3n) is 5.37. The van der Waals surface area contributed by atoms with Crippen LogP contribution in [0.5, 0.6) is 0 Å². The molecule has 2 aromatic carbocycles. The number of nitrogens with zero attached hydrogens (tertiary/aromatic N) is 4. The summed E-state index contributed by atoms with van der Waals surface area (Å²) in [5.41, 5.74) is -2.58. The second kappa shape index (κ2) is 8.72. The maximum absolute atomic E-state index is 14.2. The van der Waals surface area contributed by atoms with E-state index < -0.39 is 46.3 Å². The minimum atomic E-state index is -4.78. The van der Waals surface area contributed by atoms with Gasteiger partial charge in [-0.15, -0.1) is 0 Å². The van der Waals surface area contributed by atoms with E-state index in [0.29, 0.717) is 36.7 Å². The molecular formula is C23H15F7N4O. The van der Waals surface area contributed by atoms with Gasteiger partial charge in [0.25, 0.3) is 5.89 Å². The lowest BCUT2D eigenvalue weighted by Crippen LogP contribution is -2.09. The number of aromatic nitrogens is 3. The molecule has 0 saturated heterocycles. The molecule has 0 unspecified atom stereocenters. The van der Waals surface area contributed by atoms with E-state index in [-0.39, 0.29) is 23.3 Å². The first-order chi connectivity index (χ1) is 16.4. The van der Waals surface area contributed by atoms with Crippen LogP contribution in [0.1, 0.15) is 41.6 Å². The zero-order chi connectivity index (χ0) is 25.5. The van der Waals surface area contributed by atoms with Gasteiger partial charge >= 0.3 is 12.4 Å². The van der Waals surface area contributed by atoms with Crippen molar-refractivity contribution in [3.8, 4) is 17.5 Å². The number of aryl methyl sites for hydroxylation is 1. The Bertz CT molecular complexity index is 1440. The fourth-order valence-electron chi connectivity index (χ4n) is 3.87. The van der Waals surface area contributed by atoms with Crippen molar-refractivity contribution in [3.05, 3.63) is 70.4 Å². The number of hydrogen-bond donors (Lipinski definition) is 0. The Kier molecular flexibility index (Phi) is 6.04. The number of nitriles is 1. The fourth-order valence-corrected chi connectivity index (χ4v) is 3.87. The first kappa shape index (κ1) is 24.3. The Morgan fingerprint density at radius 1 is 1.03 bits per heavy atom. The molecule has 0 radical (unpaired) electrons. The third kappa shape index (κ3) is 4.58. The summed E-state index contributed by atoms with van der Waals surface area (Å²) in [7, 11) is 0. The van der Waals surface area contributed by atoms with Gasteiger partial charge in [0, 0.05) is 16.6 Å². The predicted molar refractivity (Wildman–Crippen MR) is 109 cm³/mol. The van der Waals surface area contributed by atoms with Gasteiger partial charge in [-0.3, -0.25) is 0 Å². The molecule has 0 aliphatic rings. The van der Waals surface area contributed by atoms with E-state index in [2.05, 4.69) is 10.1 Å². The Morgan fingerprint density at radius 3 is 2.40 bits per heavy atom. The Balaban J connectivity index is 1.79. The minimum Gasteiger partial charge on any atom is -0.337 e. The maximum Gasteiger partial charge on any atom is 0.418 e. The first-order valence-electron chi connectivity index (χ1n) is 10.3. The monoisotopic (exact) mass is 496 g/mol. The van der Waals surface area contributed by atoms with Crippen LogP contribution in [0.15, 0.2) is 40.9 Å². The quantitative estimate of drug-likeness (QED) is 0.287. The summed E-state index contributed by atoms with van der Waals surface area (Å²) in [4.78, 5) is 3.97. The van der Waals surface area contributed by atoms with Gasteiger partial charge in [-0.25, -0.2) is 4.39 Å². The molecule has 2 aromatic heterocycles. The van der Waals surface area contributed by atoms with Crippen LogP contribution >= 0.6 is 0 Å². The predicted octanol–water partition coefficient (Wildman–Crippen LogP) is 6.74. The number of hydrogen-bond acceptors (Lipinski definition) is 4. The number of halogens is 7. The highest BCUT2D eigenvalue weighted by Crippen LogP contribution is 2.39. The van der Waals surface area contributed by atoms with Crippen molar-refractivity contribution in [1.29, 1.82) is 5.26 Å². The molecule has 5 nitrogen and oxygen atoms in total. The standard InChI is InChI=1S/C23H15F7N4O/c1-2-3-14-9-16-18(7-4-12(10-31)20(16)23(28,29)30)34(14)11-19-32-21(35-33-19)15-8-13(22(25,26)27)5-6-17(15)24/h4-9H,2-3,11H2,1H3. The van der Waals surface area contributed by atoms with Crippen LogP contribution in [0.2, 0.25) is 0 Å². The molecule has 0 bridgehead atoms. The maximum atomic E-state index is 14.2. The van der Waals surface area contributed by atoms with Gasteiger partial charge in [0.15, 0.2) is 5.82 Å². The average Bonchev–Trinajstić information content (AvgIpc) is 3.37. The van der Waals surface area contributed by atoms with Crippen LogP contribution in [0.4, 0.5) is 30.7 Å². The average molecular weight is 496 g/mol. The van der Waals surface area contributed by atoms with E-state index in [0.717, 1.165) is 6.07 Å². The van der Waals surface area contributed by atoms with E-state index in [1.165, 1.54) is 16.7 Å². The van der Waals surface area contributed by atoms with Crippen LogP contribution in [0.25, 0.3) is 22.4 Å². The summed E-state index contributed by atoms with van der Waals surface area (Å²) in [6.45, 7) is 1.64. The highest BCUT2D eigenvalue weighted by atomic mass is 19.4. The van der Waals surface area contributed by atoms with Gasteiger partial charge in [-0.05, 0) is 42.8 Å². The Labute approximate surface area is 193 Å². The van der Waals surface area contributed by atoms with E-state index in [4.69, 9.17) is 9.78 Å². The molecule has 0 amide bonds. The summed E-state index contributed by atoms with van der Waals surface area (Å²) in [6.07, 6.45) is -8.51. The molecule has 182 valence electrons. The van der Waals surface area contributed by atoms with E-state index in [1.54, 1.807) is 6.07 Å². The van der Waals surface area contributed by atoms with Crippen molar-refractivity contribution < 1.29 is 35.3 Å². The number of benzene rings is 2. The molecule has 4 rings (SSSR count). The fraction of sp³-hybridized carbons (Fsp3) is 0.261. The number of rotatable bonds is 5. The Morgan fingerprint density at radius 2 is 1.77 bits per heavy atom. The van der Waals surface area contributed by atoms with Crippen LogP contribution < -0.4 is 0 Å². The smallest absolute Gasteiger partial charge is 0.337 e. The third-order valence-corrected chi connectivity index (χ3v) is 5.37. The highest BCUT2D eigenvalue weighted by molar-refractivity contribution is 5.87. The Hall–Kier alpha value is -3.88. The zero-order valence-electron chi connectivity index (χ0n) is 17.9. The second-order valence-electron chi connectivity index (χ2n) is 7.71. The van der Waals surface area contributed by atoms with Crippen molar-refractivity contribution in [2.45, 2.75) is 38.7 Å². The number of fused-ring (bicyclic) bond motifs is 1. The van der Waals surface area contributed by atoms with Crippen molar-refractivity contribution in [1.82, 2.24) is 14.7 Å². The zero-order valence-corrected chi connectivity index (χ0v) is 17.9. The molecule has 4 aromatic rings. The van der Waals surface area contributed by atoms with Crippen LogP contribution in [0, 0.1) is 17.1 Å². The highest BCUT2D eigenvalue weighted by Gasteiger charge is 2.37. The van der Waals surface area contributed by atoms with Gasteiger partial charge in [0.2, 0.25) is 0 Å². The summed E-state index contributed by atoms with van der Waals surface area (Å²) in [5.74, 6) is -1.59. The first-order valence-corrected chi connectivity index (χ1v) is 10.3. The van der Waals surface area contributed by atoms with Crippen molar-refractivity contribution in [2.75, 3.05) is 0 Å². The normalized spacial score (nSPS) is 12.3. The van der Waals surface area contributed by atoms with Crippen molar-refractivity contribution >= 4 is 10.9 Å². The molecule has 0 fully saturated rings. The van der Waals surface area contributed by atoms with E-state index in [1.807, 2.05) is 6.92 Å². The molecule has 35 heavy (non-hydrogen) atoms. The lowest BCUT2D eigenvalue weighted by Gasteiger charge is -2.11. The van der Waals surface area contributed by atoms with Gasteiger partial charge in [-0.2, -0.15) is 36.6 Å². The summed E-state index contributed by atoms with van der Waals surface area (Å²) < 4.78 is 101. The van der Waals surface area contributed by atoms with Gasteiger partial charge in [-0.1, -0.05) is 18.5 Å². The molecule has 0 atom stereocenters.